The molecule has 1 aromatic rings. The van der Waals surface area contributed by atoms with Gasteiger partial charge in [-0.05, 0) is 18.9 Å². The second kappa shape index (κ2) is 8.68. The van der Waals surface area contributed by atoms with E-state index in [9.17, 15) is 4.79 Å². The minimum absolute atomic E-state index is 0.214. The van der Waals surface area contributed by atoms with Gasteiger partial charge in [-0.1, -0.05) is 18.5 Å². The van der Waals surface area contributed by atoms with E-state index in [1.807, 2.05) is 0 Å². The van der Waals surface area contributed by atoms with Crippen molar-refractivity contribution in [1.29, 1.82) is 0 Å². The molecule has 0 aromatic carbocycles. The van der Waals surface area contributed by atoms with Gasteiger partial charge < -0.3 is 15.5 Å². The average molecular weight is 287 g/mol. The van der Waals surface area contributed by atoms with Gasteiger partial charge in [0.05, 0.1) is 10.6 Å². The summed E-state index contributed by atoms with van der Waals surface area (Å²) in [6, 6.07) is 1.52. The SMILES string of the molecule is CCCOCCCNC(=O)c1cnc(NN)c(Cl)c1. The number of carbonyl (C=O) groups excluding carboxylic acids is 1. The van der Waals surface area contributed by atoms with Gasteiger partial charge in [0.1, 0.15) is 0 Å². The molecule has 0 fully saturated rings. The van der Waals surface area contributed by atoms with Crippen LogP contribution in [0, 0.1) is 0 Å². The summed E-state index contributed by atoms with van der Waals surface area (Å²) >= 11 is 5.89. The van der Waals surface area contributed by atoms with Crippen LogP contribution >= 0.6 is 11.6 Å². The predicted octanol–water partition coefficient (Wildman–Crippen LogP) is 1.57. The van der Waals surface area contributed by atoms with Crippen LogP contribution in [-0.2, 0) is 4.74 Å². The Hall–Kier alpha value is -1.37. The van der Waals surface area contributed by atoms with Crippen molar-refractivity contribution >= 4 is 23.3 Å². The monoisotopic (exact) mass is 286 g/mol. The normalized spacial score (nSPS) is 10.3. The van der Waals surface area contributed by atoms with Gasteiger partial charge in [-0.2, -0.15) is 0 Å². The van der Waals surface area contributed by atoms with E-state index >= 15 is 0 Å². The Kier molecular flexibility index (Phi) is 7.17. The second-order valence-electron chi connectivity index (χ2n) is 3.92. The minimum Gasteiger partial charge on any atom is -0.381 e. The maximum Gasteiger partial charge on any atom is 0.252 e. The third kappa shape index (κ3) is 5.42. The number of rotatable bonds is 8. The maximum absolute atomic E-state index is 11.8. The van der Waals surface area contributed by atoms with Gasteiger partial charge in [0, 0.05) is 26.0 Å². The molecule has 0 atom stereocenters. The highest BCUT2D eigenvalue weighted by molar-refractivity contribution is 6.33. The standard InChI is InChI=1S/C12H19ClN4O2/c1-2-5-19-6-3-4-15-12(18)9-7-10(13)11(17-14)16-8-9/h7-8H,2-6,14H2,1H3,(H,15,18)(H,16,17). The third-order valence-electron chi connectivity index (χ3n) is 2.34. The molecule has 0 saturated heterocycles. The molecule has 0 radical (unpaired) electrons. The van der Waals surface area contributed by atoms with Gasteiger partial charge in [0.25, 0.3) is 5.91 Å². The molecular formula is C12H19ClN4O2. The number of nitrogens with one attached hydrogen (secondary N) is 2. The highest BCUT2D eigenvalue weighted by Crippen LogP contribution is 2.18. The number of hydrogen-bond acceptors (Lipinski definition) is 5. The molecule has 0 aliphatic carbocycles. The van der Waals surface area contributed by atoms with Crippen LogP contribution in [0.15, 0.2) is 12.3 Å². The fourth-order valence-electron chi connectivity index (χ4n) is 1.39. The maximum atomic E-state index is 11.8. The van der Waals surface area contributed by atoms with Crippen molar-refractivity contribution in [1.82, 2.24) is 10.3 Å². The van der Waals surface area contributed by atoms with Crippen LogP contribution in [-0.4, -0.2) is 30.6 Å². The van der Waals surface area contributed by atoms with Gasteiger partial charge >= 0.3 is 0 Å². The quantitative estimate of drug-likeness (QED) is 0.383. The van der Waals surface area contributed by atoms with E-state index in [2.05, 4.69) is 22.7 Å². The lowest BCUT2D eigenvalue weighted by molar-refractivity contribution is 0.0941. The largest absolute Gasteiger partial charge is 0.381 e. The zero-order valence-electron chi connectivity index (χ0n) is 10.9. The van der Waals surface area contributed by atoms with Crippen molar-refractivity contribution in [3.8, 4) is 0 Å². The molecule has 0 aliphatic heterocycles. The van der Waals surface area contributed by atoms with Crippen molar-refractivity contribution in [2.75, 3.05) is 25.2 Å². The first-order valence-electron chi connectivity index (χ1n) is 6.17. The first-order valence-corrected chi connectivity index (χ1v) is 6.55. The Balaban J connectivity index is 2.35. The zero-order valence-corrected chi connectivity index (χ0v) is 11.7. The third-order valence-corrected chi connectivity index (χ3v) is 2.63. The highest BCUT2D eigenvalue weighted by atomic mass is 35.5. The molecule has 1 rings (SSSR count). The van der Waals surface area contributed by atoms with E-state index < -0.39 is 0 Å². The van der Waals surface area contributed by atoms with Crippen molar-refractivity contribution in [3.05, 3.63) is 22.8 Å². The fourth-order valence-corrected chi connectivity index (χ4v) is 1.61. The summed E-state index contributed by atoms with van der Waals surface area (Å²) in [7, 11) is 0. The molecule has 0 saturated carbocycles. The Morgan fingerprint density at radius 1 is 1.53 bits per heavy atom. The molecule has 0 spiro atoms. The van der Waals surface area contributed by atoms with Gasteiger partial charge in [-0.15, -0.1) is 0 Å². The number of pyridine rings is 1. The van der Waals surface area contributed by atoms with E-state index in [1.165, 1.54) is 12.3 Å². The average Bonchev–Trinajstić information content (AvgIpc) is 2.42. The van der Waals surface area contributed by atoms with E-state index in [0.717, 1.165) is 19.4 Å². The number of nitrogen functional groups attached to an aromatic ring is 1. The van der Waals surface area contributed by atoms with E-state index in [-0.39, 0.29) is 5.91 Å². The highest BCUT2D eigenvalue weighted by Gasteiger charge is 2.08. The molecule has 6 nitrogen and oxygen atoms in total. The second-order valence-corrected chi connectivity index (χ2v) is 4.33. The molecule has 0 bridgehead atoms. The van der Waals surface area contributed by atoms with Crippen LogP contribution in [0.25, 0.3) is 0 Å². The van der Waals surface area contributed by atoms with Crippen LogP contribution in [0.2, 0.25) is 5.02 Å². The van der Waals surface area contributed by atoms with Crippen LogP contribution in [0.3, 0.4) is 0 Å². The minimum atomic E-state index is -0.214. The number of amides is 1. The lowest BCUT2D eigenvalue weighted by Gasteiger charge is -2.07. The zero-order chi connectivity index (χ0) is 14.1. The first kappa shape index (κ1) is 15.7. The van der Waals surface area contributed by atoms with Crippen molar-refractivity contribution in [3.63, 3.8) is 0 Å². The summed E-state index contributed by atoms with van der Waals surface area (Å²) in [6.07, 6.45) is 3.19. The molecular weight excluding hydrogens is 268 g/mol. The van der Waals surface area contributed by atoms with E-state index in [0.29, 0.717) is 29.6 Å². The molecule has 19 heavy (non-hydrogen) atoms. The Morgan fingerprint density at radius 3 is 2.95 bits per heavy atom. The fraction of sp³-hybridized carbons (Fsp3) is 0.500. The van der Waals surface area contributed by atoms with Crippen LogP contribution in [0.4, 0.5) is 5.82 Å². The van der Waals surface area contributed by atoms with E-state index in [1.54, 1.807) is 0 Å². The molecule has 1 heterocycles. The molecule has 4 N–H and O–H groups in total. The summed E-state index contributed by atoms with van der Waals surface area (Å²) < 4.78 is 5.31. The number of halogens is 1. The van der Waals surface area contributed by atoms with Crippen LogP contribution < -0.4 is 16.6 Å². The number of aromatic nitrogens is 1. The summed E-state index contributed by atoms with van der Waals surface area (Å²) in [5.41, 5.74) is 2.74. The molecule has 1 amide bonds. The molecule has 1 aromatic heterocycles. The van der Waals surface area contributed by atoms with Gasteiger partial charge in [0.15, 0.2) is 5.82 Å². The number of hydrogen-bond donors (Lipinski definition) is 3. The smallest absolute Gasteiger partial charge is 0.252 e. The number of carbonyl (C=O) groups is 1. The predicted molar refractivity (Wildman–Crippen MR) is 75.1 cm³/mol. The van der Waals surface area contributed by atoms with Crippen LogP contribution in [0.1, 0.15) is 30.1 Å². The Morgan fingerprint density at radius 2 is 2.32 bits per heavy atom. The number of nitrogens with zero attached hydrogens (tertiary/aromatic N) is 1. The summed E-state index contributed by atoms with van der Waals surface area (Å²) in [5, 5.41) is 3.08. The lowest BCUT2D eigenvalue weighted by Crippen LogP contribution is -2.25. The topological polar surface area (TPSA) is 89.3 Å². The van der Waals surface area contributed by atoms with Crippen molar-refractivity contribution < 1.29 is 9.53 Å². The molecule has 7 heteroatoms. The number of hydrazine groups is 1. The Labute approximate surface area is 117 Å². The van der Waals surface area contributed by atoms with Gasteiger partial charge in [0.2, 0.25) is 0 Å². The summed E-state index contributed by atoms with van der Waals surface area (Å²) in [5.74, 6) is 5.33. The summed E-state index contributed by atoms with van der Waals surface area (Å²) in [4.78, 5) is 15.7. The van der Waals surface area contributed by atoms with E-state index in [4.69, 9.17) is 22.2 Å². The van der Waals surface area contributed by atoms with Gasteiger partial charge in [-0.3, -0.25) is 4.79 Å². The first-order chi connectivity index (χ1) is 9.19. The van der Waals surface area contributed by atoms with Crippen molar-refractivity contribution in [2.24, 2.45) is 5.84 Å². The number of ether oxygens (including phenoxy) is 1. The van der Waals surface area contributed by atoms with Gasteiger partial charge in [-0.25, -0.2) is 10.8 Å². The number of nitrogens with two attached hydrogens (primary N) is 1. The van der Waals surface area contributed by atoms with Crippen molar-refractivity contribution in [2.45, 2.75) is 19.8 Å². The molecule has 0 aliphatic rings. The molecule has 106 valence electrons. The lowest BCUT2D eigenvalue weighted by atomic mass is 10.2. The molecule has 0 unspecified atom stereocenters. The Bertz CT molecular complexity index is 415. The summed E-state index contributed by atoms with van der Waals surface area (Å²) in [6.45, 7) is 4.00. The number of anilines is 1. The van der Waals surface area contributed by atoms with Crippen LogP contribution in [0.5, 0.6) is 0 Å².